The lowest BCUT2D eigenvalue weighted by molar-refractivity contribution is -0.120. The van der Waals surface area contributed by atoms with E-state index in [2.05, 4.69) is 4.90 Å². The van der Waals surface area contributed by atoms with E-state index in [1.807, 2.05) is 18.0 Å². The van der Waals surface area contributed by atoms with Crippen molar-refractivity contribution in [3.63, 3.8) is 0 Å². The highest BCUT2D eigenvalue weighted by Gasteiger charge is 2.22. The molecule has 0 spiro atoms. The zero-order chi connectivity index (χ0) is 15.2. The first-order chi connectivity index (χ1) is 10.1. The van der Waals surface area contributed by atoms with Crippen molar-refractivity contribution in [1.29, 1.82) is 5.26 Å². The second kappa shape index (κ2) is 7.22. The van der Waals surface area contributed by atoms with Crippen molar-refractivity contribution in [2.75, 3.05) is 39.8 Å². The van der Waals surface area contributed by atoms with Crippen LogP contribution in [0.2, 0.25) is 0 Å². The molecule has 1 fully saturated rings. The Bertz CT molecular complexity index is 523. The molecule has 114 valence electrons. The number of carbonyl (C=O) groups excluding carboxylic acids is 1. The summed E-state index contributed by atoms with van der Waals surface area (Å²) in [5.41, 5.74) is 5.30. The third-order valence-corrected chi connectivity index (χ3v) is 3.33. The van der Waals surface area contributed by atoms with Crippen molar-refractivity contribution in [1.82, 2.24) is 9.80 Å². The third kappa shape index (κ3) is 4.86. The lowest BCUT2D eigenvalue weighted by Crippen LogP contribution is -2.47. The Kier molecular flexibility index (Phi) is 5.33. The van der Waals surface area contributed by atoms with Crippen LogP contribution in [0, 0.1) is 11.3 Å². The molecule has 0 bridgehead atoms. The van der Waals surface area contributed by atoms with Crippen LogP contribution in [0.3, 0.4) is 0 Å². The van der Waals surface area contributed by atoms with Crippen LogP contribution in [0.5, 0.6) is 0 Å². The van der Waals surface area contributed by atoms with Crippen LogP contribution in [-0.2, 0) is 16.1 Å². The first-order valence-electron chi connectivity index (χ1n) is 6.86. The van der Waals surface area contributed by atoms with Crippen LogP contribution in [0.4, 0.5) is 0 Å². The highest BCUT2D eigenvalue weighted by atomic mass is 16.5. The summed E-state index contributed by atoms with van der Waals surface area (Å²) in [6.07, 6.45) is 0.0356. The van der Waals surface area contributed by atoms with Gasteiger partial charge in [-0.25, -0.2) is 0 Å². The number of likely N-dealkylation sites (N-methyl/N-ethyl adjacent to an activating group) is 1. The highest BCUT2D eigenvalue weighted by molar-refractivity contribution is 5.75. The molecule has 1 aromatic heterocycles. The number of nitriles is 1. The average molecular weight is 292 g/mol. The molecule has 0 aliphatic carbocycles. The fourth-order valence-electron chi connectivity index (χ4n) is 2.41. The summed E-state index contributed by atoms with van der Waals surface area (Å²) < 4.78 is 11.1. The van der Waals surface area contributed by atoms with Gasteiger partial charge in [-0.1, -0.05) is 0 Å². The van der Waals surface area contributed by atoms with E-state index < -0.39 is 5.91 Å². The van der Waals surface area contributed by atoms with Gasteiger partial charge in [0.15, 0.2) is 0 Å². The molecule has 1 aliphatic heterocycles. The summed E-state index contributed by atoms with van der Waals surface area (Å²) in [5, 5.41) is 8.76. The summed E-state index contributed by atoms with van der Waals surface area (Å²) in [6, 6.07) is 5.29. The van der Waals surface area contributed by atoms with Gasteiger partial charge in [0, 0.05) is 19.6 Å². The maximum atomic E-state index is 11.2. The molecule has 7 nitrogen and oxygen atoms in total. The number of hydrogen-bond donors (Lipinski definition) is 1. The minimum Gasteiger partial charge on any atom is -0.449 e. The zero-order valence-corrected chi connectivity index (χ0v) is 12.1. The van der Waals surface area contributed by atoms with Gasteiger partial charge >= 0.3 is 0 Å². The topological polar surface area (TPSA) is 95.7 Å². The molecule has 1 amide bonds. The molecule has 21 heavy (non-hydrogen) atoms. The fourth-order valence-corrected chi connectivity index (χ4v) is 2.41. The quantitative estimate of drug-likeness (QED) is 0.778. The number of hydrogen-bond acceptors (Lipinski definition) is 6. The number of furan rings is 1. The molecule has 0 radical (unpaired) electrons. The Morgan fingerprint density at radius 3 is 3.05 bits per heavy atom. The Morgan fingerprint density at radius 1 is 1.62 bits per heavy atom. The normalized spacial score (nSPS) is 19.6. The van der Waals surface area contributed by atoms with Crippen LogP contribution in [0.25, 0.3) is 0 Å². The Balaban J connectivity index is 1.96. The van der Waals surface area contributed by atoms with E-state index in [-0.39, 0.29) is 18.4 Å². The summed E-state index contributed by atoms with van der Waals surface area (Å²) >= 11 is 0. The number of nitrogens with zero attached hydrogens (tertiary/aromatic N) is 3. The monoisotopic (exact) mass is 292 g/mol. The molecule has 0 aromatic carbocycles. The largest absolute Gasteiger partial charge is 0.449 e. The third-order valence-electron chi connectivity index (χ3n) is 3.33. The molecule has 1 aliphatic rings. The number of morpholine rings is 1. The van der Waals surface area contributed by atoms with Crippen LogP contribution < -0.4 is 5.73 Å². The number of amides is 1. The van der Waals surface area contributed by atoms with Crippen LogP contribution in [0.15, 0.2) is 16.5 Å². The Morgan fingerprint density at radius 2 is 2.43 bits per heavy atom. The number of carbonyl (C=O) groups is 1. The summed E-state index contributed by atoms with van der Waals surface area (Å²) in [6.45, 7) is 3.56. The Hall–Kier alpha value is -1.88. The van der Waals surface area contributed by atoms with E-state index in [1.54, 1.807) is 12.1 Å². The minimum absolute atomic E-state index is 0.0356. The molecule has 2 rings (SSSR count). The molecule has 7 heteroatoms. The average Bonchev–Trinajstić information content (AvgIpc) is 2.85. The molecular formula is C14H20N4O3. The second-order valence-corrected chi connectivity index (χ2v) is 5.27. The van der Waals surface area contributed by atoms with E-state index >= 15 is 0 Å². The van der Waals surface area contributed by atoms with E-state index in [9.17, 15) is 4.79 Å². The lowest BCUT2D eigenvalue weighted by atomic mass is 10.2. The van der Waals surface area contributed by atoms with Gasteiger partial charge in [-0.15, -0.1) is 0 Å². The molecule has 0 saturated carbocycles. The predicted molar refractivity (Wildman–Crippen MR) is 75.1 cm³/mol. The SMILES string of the molecule is CN1CCO[C@H](CN(CC(N)=O)Cc2ccc(C#N)o2)C1. The van der Waals surface area contributed by atoms with E-state index in [4.69, 9.17) is 20.1 Å². The van der Waals surface area contributed by atoms with Crippen molar-refractivity contribution >= 4 is 5.91 Å². The molecule has 1 saturated heterocycles. The number of ether oxygens (including phenoxy) is 1. The van der Waals surface area contributed by atoms with Crippen LogP contribution >= 0.6 is 0 Å². The van der Waals surface area contributed by atoms with Crippen LogP contribution in [-0.4, -0.2) is 61.6 Å². The van der Waals surface area contributed by atoms with E-state index in [1.165, 1.54) is 0 Å². The smallest absolute Gasteiger partial charge is 0.231 e. The lowest BCUT2D eigenvalue weighted by Gasteiger charge is -2.33. The van der Waals surface area contributed by atoms with Gasteiger partial charge in [-0.3, -0.25) is 9.69 Å². The number of rotatable bonds is 6. The van der Waals surface area contributed by atoms with Gasteiger partial charge in [-0.2, -0.15) is 5.26 Å². The maximum Gasteiger partial charge on any atom is 0.231 e. The van der Waals surface area contributed by atoms with Crippen molar-refractivity contribution in [2.45, 2.75) is 12.6 Å². The van der Waals surface area contributed by atoms with Gasteiger partial charge < -0.3 is 19.8 Å². The number of nitrogens with two attached hydrogens (primary N) is 1. The van der Waals surface area contributed by atoms with Crippen molar-refractivity contribution in [3.05, 3.63) is 23.7 Å². The second-order valence-electron chi connectivity index (χ2n) is 5.27. The molecule has 1 aromatic rings. The van der Waals surface area contributed by atoms with E-state index in [0.29, 0.717) is 25.5 Å². The maximum absolute atomic E-state index is 11.2. The first-order valence-corrected chi connectivity index (χ1v) is 6.86. The number of primary amides is 1. The van der Waals surface area contributed by atoms with E-state index in [0.717, 1.165) is 13.1 Å². The molecule has 2 N–H and O–H groups in total. The molecule has 2 heterocycles. The predicted octanol–water partition coefficient (Wildman–Crippen LogP) is -0.231. The summed E-state index contributed by atoms with van der Waals surface area (Å²) in [5.74, 6) is 0.501. The first kappa shape index (κ1) is 15.5. The molecular weight excluding hydrogens is 272 g/mol. The van der Waals surface area contributed by atoms with Gasteiger partial charge in [0.05, 0.1) is 25.8 Å². The van der Waals surface area contributed by atoms with Gasteiger partial charge in [0.2, 0.25) is 11.7 Å². The standard InChI is InChI=1S/C14H20N4O3/c1-17-4-5-20-13(7-17)9-18(10-14(16)19)8-12-3-2-11(6-15)21-12/h2-3,13H,4-5,7-10H2,1H3,(H2,16,19)/t13-/m0/s1. The Labute approximate surface area is 123 Å². The fraction of sp³-hybridized carbons (Fsp3) is 0.571. The summed E-state index contributed by atoms with van der Waals surface area (Å²) in [7, 11) is 2.04. The van der Waals surface area contributed by atoms with Crippen molar-refractivity contribution < 1.29 is 13.9 Å². The zero-order valence-electron chi connectivity index (χ0n) is 12.1. The molecule has 1 atom stereocenters. The molecule has 0 unspecified atom stereocenters. The minimum atomic E-state index is -0.397. The van der Waals surface area contributed by atoms with Crippen molar-refractivity contribution in [2.24, 2.45) is 5.73 Å². The van der Waals surface area contributed by atoms with Crippen molar-refractivity contribution in [3.8, 4) is 6.07 Å². The summed E-state index contributed by atoms with van der Waals surface area (Å²) in [4.78, 5) is 15.3. The van der Waals surface area contributed by atoms with Gasteiger partial charge in [-0.05, 0) is 19.2 Å². The highest BCUT2D eigenvalue weighted by Crippen LogP contribution is 2.12. The van der Waals surface area contributed by atoms with Gasteiger partial charge in [0.25, 0.3) is 0 Å². The van der Waals surface area contributed by atoms with Gasteiger partial charge in [0.1, 0.15) is 11.8 Å². The van der Waals surface area contributed by atoms with Crippen LogP contribution in [0.1, 0.15) is 11.5 Å².